The molecular formula is C9H12BrN5S. The molecule has 0 aliphatic rings. The first-order valence-corrected chi connectivity index (χ1v) is 6.59. The molecule has 7 heteroatoms. The first kappa shape index (κ1) is 11.5. The van der Waals surface area contributed by atoms with E-state index in [1.807, 2.05) is 10.9 Å². The van der Waals surface area contributed by atoms with E-state index in [0.717, 1.165) is 28.1 Å². The van der Waals surface area contributed by atoms with Crippen LogP contribution < -0.4 is 5.32 Å². The molecule has 16 heavy (non-hydrogen) atoms. The van der Waals surface area contributed by atoms with Gasteiger partial charge in [0.15, 0.2) is 0 Å². The minimum Gasteiger partial charge on any atom is -0.374 e. The lowest BCUT2D eigenvalue weighted by atomic mass is 10.4. The van der Waals surface area contributed by atoms with Crippen molar-refractivity contribution >= 4 is 32.5 Å². The van der Waals surface area contributed by atoms with Crippen LogP contribution in [0.4, 0.5) is 5.00 Å². The van der Waals surface area contributed by atoms with Crippen LogP contribution >= 0.6 is 27.5 Å². The van der Waals surface area contributed by atoms with Gasteiger partial charge in [-0.25, -0.2) is 0 Å². The van der Waals surface area contributed by atoms with Crippen LogP contribution in [0.25, 0.3) is 0 Å². The fourth-order valence-electron chi connectivity index (χ4n) is 1.26. The summed E-state index contributed by atoms with van der Waals surface area (Å²) in [7, 11) is 0. The van der Waals surface area contributed by atoms with E-state index in [1.54, 1.807) is 6.20 Å². The van der Waals surface area contributed by atoms with E-state index in [-0.39, 0.29) is 0 Å². The van der Waals surface area contributed by atoms with Crippen molar-refractivity contribution in [1.29, 1.82) is 0 Å². The second-order valence-electron chi connectivity index (χ2n) is 3.33. The molecule has 0 aromatic carbocycles. The molecule has 86 valence electrons. The maximum absolute atomic E-state index is 4.19. The third-order valence-corrected chi connectivity index (χ3v) is 3.14. The van der Waals surface area contributed by atoms with Gasteiger partial charge in [0.05, 0.1) is 17.2 Å². The van der Waals surface area contributed by atoms with Crippen LogP contribution in [-0.4, -0.2) is 25.9 Å². The van der Waals surface area contributed by atoms with Crippen molar-refractivity contribution in [3.8, 4) is 0 Å². The van der Waals surface area contributed by atoms with Crippen LogP contribution in [0.5, 0.6) is 0 Å². The number of hydrogen-bond donors (Lipinski definition) is 1. The third-order valence-electron chi connectivity index (χ3n) is 2.00. The fraction of sp³-hybridized carbons (Fsp3) is 0.444. The van der Waals surface area contributed by atoms with Crippen molar-refractivity contribution in [2.75, 3.05) is 11.9 Å². The molecule has 0 aliphatic heterocycles. The molecule has 0 saturated carbocycles. The molecule has 0 spiro atoms. The Bertz CT molecular complexity index is 452. The molecule has 0 atom stereocenters. The zero-order chi connectivity index (χ0) is 11.4. The number of hydrogen-bond acceptors (Lipinski definition) is 5. The quantitative estimate of drug-likeness (QED) is 0.921. The van der Waals surface area contributed by atoms with E-state index >= 15 is 0 Å². The maximum atomic E-state index is 4.19. The topological polar surface area (TPSA) is 55.6 Å². The van der Waals surface area contributed by atoms with Gasteiger partial charge in [-0.2, -0.15) is 5.10 Å². The zero-order valence-electron chi connectivity index (χ0n) is 8.85. The van der Waals surface area contributed by atoms with Crippen LogP contribution in [0.1, 0.15) is 19.0 Å². The van der Waals surface area contributed by atoms with Gasteiger partial charge in [0.2, 0.25) is 0 Å². The van der Waals surface area contributed by atoms with Gasteiger partial charge in [-0.05, 0) is 22.4 Å². The summed E-state index contributed by atoms with van der Waals surface area (Å²) in [6.45, 7) is 3.72. The Morgan fingerprint density at radius 1 is 1.56 bits per heavy atom. The van der Waals surface area contributed by atoms with Crippen molar-refractivity contribution < 1.29 is 0 Å². The number of rotatable bonds is 5. The number of halogens is 1. The maximum Gasteiger partial charge on any atom is 0.135 e. The normalized spacial score (nSPS) is 10.6. The molecule has 2 aromatic rings. The van der Waals surface area contributed by atoms with E-state index < -0.39 is 0 Å². The molecule has 0 unspecified atom stereocenters. The largest absolute Gasteiger partial charge is 0.374 e. The number of nitrogens with one attached hydrogen (secondary N) is 1. The summed E-state index contributed by atoms with van der Waals surface area (Å²) in [5, 5.41) is 12.6. The Balaban J connectivity index is 2.06. The molecular weight excluding hydrogens is 290 g/mol. The van der Waals surface area contributed by atoms with Gasteiger partial charge in [0.25, 0.3) is 0 Å². The van der Waals surface area contributed by atoms with Crippen molar-refractivity contribution in [3.05, 3.63) is 22.6 Å². The Kier molecular flexibility index (Phi) is 3.89. The van der Waals surface area contributed by atoms with Crippen LogP contribution in [0.15, 0.2) is 16.9 Å². The SMILES string of the molecule is CCCNc1snnc1Cn1cc(Br)cn1. The zero-order valence-corrected chi connectivity index (χ0v) is 11.3. The molecule has 5 nitrogen and oxygen atoms in total. The van der Waals surface area contributed by atoms with E-state index in [9.17, 15) is 0 Å². The van der Waals surface area contributed by atoms with E-state index in [0.29, 0.717) is 6.54 Å². The monoisotopic (exact) mass is 301 g/mol. The third kappa shape index (κ3) is 2.79. The van der Waals surface area contributed by atoms with Crippen LogP contribution in [0.2, 0.25) is 0 Å². The molecule has 1 N–H and O–H groups in total. The molecule has 0 fully saturated rings. The Morgan fingerprint density at radius 2 is 2.44 bits per heavy atom. The number of anilines is 1. The highest BCUT2D eigenvalue weighted by Crippen LogP contribution is 2.19. The summed E-state index contributed by atoms with van der Waals surface area (Å²) < 4.78 is 6.76. The number of aromatic nitrogens is 4. The second-order valence-corrected chi connectivity index (χ2v) is 5.00. The molecule has 0 aliphatic carbocycles. The van der Waals surface area contributed by atoms with Crippen LogP contribution in [0, 0.1) is 0 Å². The highest BCUT2D eigenvalue weighted by Gasteiger charge is 2.08. The molecule has 0 saturated heterocycles. The summed E-state index contributed by atoms with van der Waals surface area (Å²) in [4.78, 5) is 0. The van der Waals surface area contributed by atoms with E-state index in [4.69, 9.17) is 0 Å². The first-order chi connectivity index (χ1) is 7.79. The van der Waals surface area contributed by atoms with Crippen molar-refractivity contribution in [2.24, 2.45) is 0 Å². The summed E-state index contributed by atoms with van der Waals surface area (Å²) >= 11 is 4.75. The van der Waals surface area contributed by atoms with Gasteiger partial charge in [0, 0.05) is 24.3 Å². The average Bonchev–Trinajstić information content (AvgIpc) is 2.86. The summed E-state index contributed by atoms with van der Waals surface area (Å²) in [5.74, 6) is 0. The lowest BCUT2D eigenvalue weighted by molar-refractivity contribution is 0.671. The predicted octanol–water partition coefficient (Wildman–Crippen LogP) is 2.37. The van der Waals surface area contributed by atoms with Gasteiger partial charge < -0.3 is 5.32 Å². The Morgan fingerprint density at radius 3 is 3.12 bits per heavy atom. The van der Waals surface area contributed by atoms with Crippen LogP contribution in [0.3, 0.4) is 0 Å². The molecule has 2 heterocycles. The predicted molar refractivity (Wildman–Crippen MR) is 67.7 cm³/mol. The van der Waals surface area contributed by atoms with Crippen LogP contribution in [-0.2, 0) is 6.54 Å². The molecule has 0 amide bonds. The number of nitrogens with zero attached hydrogens (tertiary/aromatic N) is 4. The first-order valence-electron chi connectivity index (χ1n) is 5.02. The highest BCUT2D eigenvalue weighted by molar-refractivity contribution is 9.10. The Hall–Kier alpha value is -0.950. The van der Waals surface area contributed by atoms with Gasteiger partial charge in [0.1, 0.15) is 10.7 Å². The van der Waals surface area contributed by atoms with Crippen molar-refractivity contribution in [1.82, 2.24) is 19.4 Å². The van der Waals surface area contributed by atoms with E-state index in [2.05, 4.69) is 42.9 Å². The van der Waals surface area contributed by atoms with Crippen molar-refractivity contribution in [3.63, 3.8) is 0 Å². The van der Waals surface area contributed by atoms with Crippen molar-refractivity contribution in [2.45, 2.75) is 19.9 Å². The molecule has 2 aromatic heterocycles. The summed E-state index contributed by atoms with van der Waals surface area (Å²) in [5.41, 5.74) is 0.939. The molecule has 0 bridgehead atoms. The minimum absolute atomic E-state index is 0.647. The molecule has 0 radical (unpaired) electrons. The standard InChI is InChI=1S/C9H12BrN5S/c1-2-3-11-9-8(13-14-16-9)6-15-5-7(10)4-12-15/h4-5,11H,2-3,6H2,1H3. The lowest BCUT2D eigenvalue weighted by Gasteiger charge is -2.03. The van der Waals surface area contributed by atoms with Gasteiger partial charge in [-0.3, -0.25) is 4.68 Å². The Labute approximate surface area is 106 Å². The fourth-order valence-corrected chi connectivity index (χ4v) is 2.19. The van der Waals surface area contributed by atoms with E-state index in [1.165, 1.54) is 11.5 Å². The van der Waals surface area contributed by atoms with Gasteiger partial charge >= 0.3 is 0 Å². The summed E-state index contributed by atoms with van der Waals surface area (Å²) in [6.07, 6.45) is 4.77. The van der Waals surface area contributed by atoms with Gasteiger partial charge in [-0.15, -0.1) is 5.10 Å². The van der Waals surface area contributed by atoms with Gasteiger partial charge in [-0.1, -0.05) is 11.4 Å². The minimum atomic E-state index is 0.647. The smallest absolute Gasteiger partial charge is 0.135 e. The highest BCUT2D eigenvalue weighted by atomic mass is 79.9. The lowest BCUT2D eigenvalue weighted by Crippen LogP contribution is -2.05. The molecule has 2 rings (SSSR count). The second kappa shape index (κ2) is 5.40. The average molecular weight is 302 g/mol. The summed E-state index contributed by atoms with van der Waals surface area (Å²) in [6, 6.07) is 0.